The van der Waals surface area contributed by atoms with E-state index in [0.717, 1.165) is 54.4 Å². The van der Waals surface area contributed by atoms with Gasteiger partial charge in [-0.15, -0.1) is 0 Å². The highest BCUT2D eigenvalue weighted by atomic mass is 16.1. The van der Waals surface area contributed by atoms with Crippen LogP contribution in [0.5, 0.6) is 0 Å². The highest BCUT2D eigenvalue weighted by molar-refractivity contribution is 5.94. The first-order chi connectivity index (χ1) is 15.0. The molecule has 5 rings (SSSR count). The number of carbonyl (C=O) groups is 1. The Balaban J connectivity index is 1.23. The van der Waals surface area contributed by atoms with Gasteiger partial charge in [0.15, 0.2) is 0 Å². The van der Waals surface area contributed by atoms with Gasteiger partial charge < -0.3 is 10.2 Å². The second-order valence-electron chi connectivity index (χ2n) is 8.35. The lowest BCUT2D eigenvalue weighted by Crippen LogP contribution is -2.46. The maximum Gasteiger partial charge on any atom is 0.255 e. The molecule has 0 saturated carbocycles. The smallest absolute Gasteiger partial charge is 0.255 e. The molecule has 3 aromatic rings. The van der Waals surface area contributed by atoms with Crippen molar-refractivity contribution in [2.24, 2.45) is 5.92 Å². The molecular weight excluding hydrogens is 392 g/mol. The number of aromatic amines is 1. The highest BCUT2D eigenvalue weighted by Gasteiger charge is 2.29. The molecule has 1 aliphatic carbocycles. The summed E-state index contributed by atoms with van der Waals surface area (Å²) < 4.78 is 1.76. The number of rotatable bonds is 5. The SMILES string of the molecule is Cc1nc(N2CC(C#N)C2)ccc1Cn1cc(C(=O)N[C@@H]2CCc3c2n[nH]c3C)cn1. The van der Waals surface area contributed by atoms with Crippen molar-refractivity contribution in [2.45, 2.75) is 39.3 Å². The second kappa shape index (κ2) is 7.54. The Morgan fingerprint density at radius 1 is 1.35 bits per heavy atom. The van der Waals surface area contributed by atoms with Gasteiger partial charge >= 0.3 is 0 Å². The lowest BCUT2D eigenvalue weighted by molar-refractivity contribution is 0.0936. The molecule has 1 aliphatic heterocycles. The molecule has 0 unspecified atom stereocenters. The van der Waals surface area contributed by atoms with Gasteiger partial charge in [-0.05, 0) is 43.9 Å². The summed E-state index contributed by atoms with van der Waals surface area (Å²) in [7, 11) is 0. The summed E-state index contributed by atoms with van der Waals surface area (Å²) in [4.78, 5) is 19.5. The number of fused-ring (bicyclic) bond motifs is 1. The molecule has 0 aromatic carbocycles. The average molecular weight is 416 g/mol. The predicted octanol–water partition coefficient (Wildman–Crippen LogP) is 2.04. The zero-order chi connectivity index (χ0) is 21.5. The fraction of sp³-hybridized carbons (Fsp3) is 0.409. The standard InChI is InChI=1S/C22H24N8O/c1-13-16(3-6-20(25-13)29-9-15(7-23)10-29)11-30-12-17(8-24-30)22(31)26-19-5-4-18-14(2)27-28-21(18)19/h3,6,8,12,15,19H,4-5,9-11H2,1-2H3,(H,26,31)(H,27,28)/t19-/m1/s1. The van der Waals surface area contributed by atoms with Gasteiger partial charge in [0.1, 0.15) is 5.82 Å². The van der Waals surface area contributed by atoms with Gasteiger partial charge in [0.05, 0.1) is 42.0 Å². The van der Waals surface area contributed by atoms with Crippen LogP contribution < -0.4 is 10.2 Å². The number of carbonyl (C=O) groups excluding carboxylic acids is 1. The number of hydrogen-bond acceptors (Lipinski definition) is 6. The number of pyridine rings is 1. The van der Waals surface area contributed by atoms with Crippen molar-refractivity contribution >= 4 is 11.7 Å². The van der Waals surface area contributed by atoms with Gasteiger partial charge in [0.25, 0.3) is 5.91 Å². The molecule has 0 radical (unpaired) electrons. The quantitative estimate of drug-likeness (QED) is 0.658. The van der Waals surface area contributed by atoms with Gasteiger partial charge in [-0.1, -0.05) is 6.07 Å². The Morgan fingerprint density at radius 3 is 2.97 bits per heavy atom. The molecule has 1 amide bonds. The molecule has 2 aliphatic rings. The second-order valence-corrected chi connectivity index (χ2v) is 8.35. The number of H-pyrrole nitrogens is 1. The van der Waals surface area contributed by atoms with E-state index >= 15 is 0 Å². The predicted molar refractivity (Wildman–Crippen MR) is 113 cm³/mol. The molecule has 9 heteroatoms. The number of amides is 1. The fourth-order valence-corrected chi connectivity index (χ4v) is 4.29. The van der Waals surface area contributed by atoms with E-state index in [4.69, 9.17) is 5.26 Å². The maximum atomic E-state index is 12.7. The highest BCUT2D eigenvalue weighted by Crippen LogP contribution is 2.31. The summed E-state index contributed by atoms with van der Waals surface area (Å²) in [5, 5.41) is 23.7. The molecule has 3 aromatic heterocycles. The van der Waals surface area contributed by atoms with Crippen LogP contribution in [0.25, 0.3) is 0 Å². The van der Waals surface area contributed by atoms with E-state index in [9.17, 15) is 4.79 Å². The minimum Gasteiger partial charge on any atom is -0.354 e. The van der Waals surface area contributed by atoms with Crippen LogP contribution in [0.1, 0.15) is 51.0 Å². The Morgan fingerprint density at radius 2 is 2.19 bits per heavy atom. The van der Waals surface area contributed by atoms with E-state index in [1.807, 2.05) is 26.0 Å². The van der Waals surface area contributed by atoms with E-state index in [1.54, 1.807) is 17.1 Å². The van der Waals surface area contributed by atoms with E-state index in [2.05, 4.69) is 36.6 Å². The van der Waals surface area contributed by atoms with Crippen molar-refractivity contribution in [3.63, 3.8) is 0 Å². The van der Waals surface area contributed by atoms with E-state index in [1.165, 1.54) is 5.56 Å². The van der Waals surface area contributed by atoms with Crippen LogP contribution in [0.3, 0.4) is 0 Å². The Bertz CT molecular complexity index is 1180. The van der Waals surface area contributed by atoms with Crippen molar-refractivity contribution in [3.8, 4) is 6.07 Å². The number of aryl methyl sites for hydroxylation is 2. The summed E-state index contributed by atoms with van der Waals surface area (Å²) >= 11 is 0. The van der Waals surface area contributed by atoms with Gasteiger partial charge in [0, 0.05) is 30.7 Å². The van der Waals surface area contributed by atoms with Crippen molar-refractivity contribution in [2.75, 3.05) is 18.0 Å². The summed E-state index contributed by atoms with van der Waals surface area (Å²) in [6.07, 6.45) is 5.16. The van der Waals surface area contributed by atoms with Crippen LogP contribution in [0.15, 0.2) is 24.5 Å². The molecule has 2 N–H and O–H groups in total. The molecular formula is C22H24N8O. The number of anilines is 1. The maximum absolute atomic E-state index is 12.7. The van der Waals surface area contributed by atoms with E-state index < -0.39 is 0 Å². The van der Waals surface area contributed by atoms with Crippen LogP contribution in [0, 0.1) is 31.1 Å². The monoisotopic (exact) mass is 416 g/mol. The van der Waals surface area contributed by atoms with Gasteiger partial charge in [-0.2, -0.15) is 15.5 Å². The Kier molecular flexibility index (Phi) is 4.70. The third-order valence-corrected chi connectivity index (χ3v) is 6.22. The van der Waals surface area contributed by atoms with E-state index in [0.29, 0.717) is 12.1 Å². The third kappa shape index (κ3) is 3.54. The summed E-state index contributed by atoms with van der Waals surface area (Å²) in [5.41, 5.74) is 5.74. The number of nitrogens with one attached hydrogen (secondary N) is 2. The summed E-state index contributed by atoms with van der Waals surface area (Å²) in [6, 6.07) is 6.25. The molecule has 0 spiro atoms. The molecule has 1 atom stereocenters. The molecule has 1 saturated heterocycles. The zero-order valence-electron chi connectivity index (χ0n) is 17.6. The number of aromatic nitrogens is 5. The zero-order valence-corrected chi connectivity index (χ0v) is 17.6. The molecule has 9 nitrogen and oxygen atoms in total. The number of hydrogen-bond donors (Lipinski definition) is 2. The average Bonchev–Trinajstić information content (AvgIpc) is 3.43. The minimum atomic E-state index is -0.139. The van der Waals surface area contributed by atoms with Gasteiger partial charge in [-0.3, -0.25) is 14.6 Å². The first kappa shape index (κ1) is 19.3. The largest absolute Gasteiger partial charge is 0.354 e. The topological polar surface area (TPSA) is 116 Å². The third-order valence-electron chi connectivity index (χ3n) is 6.22. The van der Waals surface area contributed by atoms with Gasteiger partial charge in [0.2, 0.25) is 0 Å². The Hall–Kier alpha value is -3.67. The molecule has 0 bridgehead atoms. The summed E-state index contributed by atoms with van der Waals surface area (Å²) in [6.45, 7) is 6.00. The van der Waals surface area contributed by atoms with Crippen LogP contribution in [0.4, 0.5) is 5.82 Å². The molecule has 158 valence electrons. The summed E-state index contributed by atoms with van der Waals surface area (Å²) in [5.74, 6) is 0.862. The van der Waals surface area contributed by atoms with Crippen LogP contribution in [-0.2, 0) is 13.0 Å². The lowest BCUT2D eigenvalue weighted by atomic mass is 10.0. The lowest BCUT2D eigenvalue weighted by Gasteiger charge is -2.36. The number of nitriles is 1. The first-order valence-corrected chi connectivity index (χ1v) is 10.5. The molecule has 1 fully saturated rings. The van der Waals surface area contributed by atoms with Gasteiger partial charge in [-0.25, -0.2) is 4.98 Å². The van der Waals surface area contributed by atoms with Crippen LogP contribution >= 0.6 is 0 Å². The normalized spacial score (nSPS) is 17.8. The van der Waals surface area contributed by atoms with Crippen molar-refractivity contribution in [3.05, 3.63) is 58.3 Å². The first-order valence-electron chi connectivity index (χ1n) is 10.5. The molecule has 31 heavy (non-hydrogen) atoms. The number of nitrogens with zero attached hydrogens (tertiary/aromatic N) is 6. The van der Waals surface area contributed by atoms with E-state index in [-0.39, 0.29) is 17.9 Å². The van der Waals surface area contributed by atoms with Crippen LogP contribution in [0.2, 0.25) is 0 Å². The molecule has 4 heterocycles. The van der Waals surface area contributed by atoms with Crippen molar-refractivity contribution in [1.29, 1.82) is 5.26 Å². The minimum absolute atomic E-state index is 0.0584. The Labute approximate surface area is 180 Å². The van der Waals surface area contributed by atoms with Crippen molar-refractivity contribution < 1.29 is 4.79 Å². The van der Waals surface area contributed by atoms with Crippen molar-refractivity contribution in [1.82, 2.24) is 30.3 Å². The fourth-order valence-electron chi connectivity index (χ4n) is 4.29. The van der Waals surface area contributed by atoms with Crippen LogP contribution in [-0.4, -0.2) is 44.0 Å².